The fourth-order valence-electron chi connectivity index (χ4n) is 3.11. The lowest BCUT2D eigenvalue weighted by Gasteiger charge is -2.40. The third-order valence-electron chi connectivity index (χ3n) is 4.19. The van der Waals surface area contributed by atoms with Crippen LogP contribution in [0.1, 0.15) is 37.3 Å². The van der Waals surface area contributed by atoms with Gasteiger partial charge in [-0.05, 0) is 56.2 Å². The van der Waals surface area contributed by atoms with E-state index >= 15 is 0 Å². The third-order valence-corrected chi connectivity index (χ3v) is 4.93. The molecule has 2 nitrogen and oxygen atoms in total. The molecule has 1 heterocycles. The molecule has 2 fully saturated rings. The molecule has 1 aromatic rings. The standard InChI is InChI=1S/C15H22N2S/c1-18-13-8-4-11(5-9-13)15-14(16)3-2-10-17(15)12-6-7-12/h4-5,8-9,12,14-15H,2-3,6-7,10,16H2,1H3. The summed E-state index contributed by atoms with van der Waals surface area (Å²) in [6.07, 6.45) is 7.28. The van der Waals surface area contributed by atoms with Gasteiger partial charge >= 0.3 is 0 Å². The molecule has 0 amide bonds. The largest absolute Gasteiger partial charge is 0.326 e. The van der Waals surface area contributed by atoms with E-state index in [1.165, 1.54) is 36.3 Å². The Hall–Kier alpha value is -0.510. The summed E-state index contributed by atoms with van der Waals surface area (Å²) in [5.74, 6) is 0. The number of hydrogen-bond acceptors (Lipinski definition) is 3. The van der Waals surface area contributed by atoms with Crippen molar-refractivity contribution < 1.29 is 0 Å². The van der Waals surface area contributed by atoms with E-state index in [0.29, 0.717) is 12.1 Å². The second kappa shape index (κ2) is 5.24. The Balaban J connectivity index is 1.85. The van der Waals surface area contributed by atoms with Crippen molar-refractivity contribution >= 4 is 11.8 Å². The van der Waals surface area contributed by atoms with Crippen LogP contribution in [0.4, 0.5) is 0 Å². The minimum Gasteiger partial charge on any atom is -0.326 e. The van der Waals surface area contributed by atoms with Crippen molar-refractivity contribution in [2.75, 3.05) is 12.8 Å². The summed E-state index contributed by atoms with van der Waals surface area (Å²) in [5.41, 5.74) is 7.80. The fraction of sp³-hybridized carbons (Fsp3) is 0.600. The molecule has 1 aliphatic heterocycles. The molecule has 3 rings (SSSR count). The molecule has 0 spiro atoms. The molecule has 2 aliphatic rings. The van der Waals surface area contributed by atoms with Gasteiger partial charge in [0, 0.05) is 17.0 Å². The molecule has 2 N–H and O–H groups in total. The number of rotatable bonds is 3. The minimum atomic E-state index is 0.305. The van der Waals surface area contributed by atoms with E-state index < -0.39 is 0 Å². The quantitative estimate of drug-likeness (QED) is 0.849. The van der Waals surface area contributed by atoms with Crippen LogP contribution < -0.4 is 5.73 Å². The number of benzene rings is 1. The van der Waals surface area contributed by atoms with E-state index in [0.717, 1.165) is 12.5 Å². The van der Waals surface area contributed by atoms with Gasteiger partial charge < -0.3 is 5.73 Å². The summed E-state index contributed by atoms with van der Waals surface area (Å²) in [4.78, 5) is 3.99. The van der Waals surface area contributed by atoms with Gasteiger partial charge in [-0.25, -0.2) is 0 Å². The Morgan fingerprint density at radius 2 is 1.89 bits per heavy atom. The molecule has 2 unspecified atom stereocenters. The Morgan fingerprint density at radius 1 is 1.17 bits per heavy atom. The lowest BCUT2D eigenvalue weighted by Crippen LogP contribution is -2.46. The average molecular weight is 262 g/mol. The highest BCUT2D eigenvalue weighted by atomic mass is 32.2. The third kappa shape index (κ3) is 2.44. The fourth-order valence-corrected chi connectivity index (χ4v) is 3.52. The maximum absolute atomic E-state index is 6.39. The molecule has 0 radical (unpaired) electrons. The van der Waals surface area contributed by atoms with Crippen molar-refractivity contribution in [1.29, 1.82) is 0 Å². The van der Waals surface area contributed by atoms with Crippen LogP contribution in [0.2, 0.25) is 0 Å². The van der Waals surface area contributed by atoms with E-state index in [9.17, 15) is 0 Å². The van der Waals surface area contributed by atoms with Gasteiger partial charge in [0.2, 0.25) is 0 Å². The van der Waals surface area contributed by atoms with Crippen LogP contribution in [0.5, 0.6) is 0 Å². The molecule has 2 atom stereocenters. The lowest BCUT2D eigenvalue weighted by atomic mass is 9.91. The molecule has 98 valence electrons. The lowest BCUT2D eigenvalue weighted by molar-refractivity contribution is 0.120. The number of likely N-dealkylation sites (tertiary alicyclic amines) is 1. The SMILES string of the molecule is CSc1ccc(C2C(N)CCCN2C2CC2)cc1. The summed E-state index contributed by atoms with van der Waals surface area (Å²) < 4.78 is 0. The molecule has 0 bridgehead atoms. The number of hydrogen-bond donors (Lipinski definition) is 1. The van der Waals surface area contributed by atoms with E-state index in [1.54, 1.807) is 11.8 Å². The van der Waals surface area contributed by atoms with Crippen LogP contribution in [-0.2, 0) is 0 Å². The maximum atomic E-state index is 6.39. The zero-order valence-corrected chi connectivity index (χ0v) is 11.8. The van der Waals surface area contributed by atoms with Crippen LogP contribution in [0.25, 0.3) is 0 Å². The van der Waals surface area contributed by atoms with E-state index in [2.05, 4.69) is 35.4 Å². The first kappa shape index (κ1) is 12.5. The molecule has 3 heteroatoms. The highest BCUT2D eigenvalue weighted by molar-refractivity contribution is 7.98. The van der Waals surface area contributed by atoms with Crippen molar-refractivity contribution in [3.63, 3.8) is 0 Å². The molecule has 18 heavy (non-hydrogen) atoms. The highest BCUT2D eigenvalue weighted by Crippen LogP contribution is 2.39. The maximum Gasteiger partial charge on any atom is 0.0502 e. The number of nitrogens with zero attached hydrogens (tertiary/aromatic N) is 1. The van der Waals surface area contributed by atoms with E-state index in [1.807, 2.05) is 0 Å². The Kier molecular flexibility index (Phi) is 3.64. The predicted molar refractivity (Wildman–Crippen MR) is 77.9 cm³/mol. The van der Waals surface area contributed by atoms with E-state index in [4.69, 9.17) is 5.73 Å². The second-order valence-electron chi connectivity index (χ2n) is 5.49. The summed E-state index contributed by atoms with van der Waals surface area (Å²) in [6, 6.07) is 10.6. The zero-order valence-electron chi connectivity index (χ0n) is 11.0. The normalized spacial score (nSPS) is 29.4. The van der Waals surface area contributed by atoms with Gasteiger partial charge in [0.1, 0.15) is 0 Å². The van der Waals surface area contributed by atoms with Crippen molar-refractivity contribution in [2.24, 2.45) is 5.73 Å². The van der Waals surface area contributed by atoms with Gasteiger partial charge in [-0.3, -0.25) is 4.90 Å². The zero-order chi connectivity index (χ0) is 12.5. The molecular formula is C15H22N2S. The molecule has 1 aliphatic carbocycles. The first-order valence-electron chi connectivity index (χ1n) is 6.95. The molecule has 0 aromatic heterocycles. The summed E-state index contributed by atoms with van der Waals surface area (Å²) in [5, 5.41) is 0. The predicted octanol–water partition coefficient (Wildman–Crippen LogP) is 3.04. The van der Waals surface area contributed by atoms with Gasteiger partial charge in [0.25, 0.3) is 0 Å². The Bertz CT molecular complexity index is 399. The van der Waals surface area contributed by atoms with Gasteiger partial charge in [0.15, 0.2) is 0 Å². The molecular weight excluding hydrogens is 240 g/mol. The van der Waals surface area contributed by atoms with Crippen molar-refractivity contribution in [2.45, 2.75) is 48.7 Å². The summed E-state index contributed by atoms with van der Waals surface area (Å²) in [7, 11) is 0. The number of piperidine rings is 1. The monoisotopic (exact) mass is 262 g/mol. The van der Waals surface area contributed by atoms with Gasteiger partial charge in [-0.2, -0.15) is 0 Å². The summed E-state index contributed by atoms with van der Waals surface area (Å²) >= 11 is 1.80. The van der Waals surface area contributed by atoms with Gasteiger partial charge in [0.05, 0.1) is 6.04 Å². The van der Waals surface area contributed by atoms with Gasteiger partial charge in [-0.1, -0.05) is 12.1 Å². The van der Waals surface area contributed by atoms with Crippen molar-refractivity contribution in [1.82, 2.24) is 4.90 Å². The Morgan fingerprint density at radius 3 is 2.50 bits per heavy atom. The van der Waals surface area contributed by atoms with Crippen LogP contribution in [0.3, 0.4) is 0 Å². The van der Waals surface area contributed by atoms with Gasteiger partial charge in [-0.15, -0.1) is 11.8 Å². The summed E-state index contributed by atoms with van der Waals surface area (Å²) in [6.45, 7) is 1.23. The van der Waals surface area contributed by atoms with Crippen molar-refractivity contribution in [3.05, 3.63) is 29.8 Å². The van der Waals surface area contributed by atoms with Crippen molar-refractivity contribution in [3.8, 4) is 0 Å². The highest BCUT2D eigenvalue weighted by Gasteiger charge is 2.39. The topological polar surface area (TPSA) is 29.3 Å². The first-order chi connectivity index (χ1) is 8.79. The minimum absolute atomic E-state index is 0.305. The second-order valence-corrected chi connectivity index (χ2v) is 6.37. The Labute approximate surface area is 114 Å². The smallest absolute Gasteiger partial charge is 0.0502 e. The van der Waals surface area contributed by atoms with Crippen LogP contribution in [0, 0.1) is 0 Å². The molecule has 1 aromatic carbocycles. The van der Waals surface area contributed by atoms with Crippen LogP contribution in [0.15, 0.2) is 29.2 Å². The van der Waals surface area contributed by atoms with Crippen LogP contribution in [-0.4, -0.2) is 29.8 Å². The number of nitrogens with two attached hydrogens (primary N) is 1. The first-order valence-corrected chi connectivity index (χ1v) is 8.17. The molecule has 1 saturated heterocycles. The number of thioether (sulfide) groups is 1. The average Bonchev–Trinajstić information content (AvgIpc) is 3.23. The van der Waals surface area contributed by atoms with Crippen LogP contribution >= 0.6 is 11.8 Å². The molecule has 1 saturated carbocycles. The van der Waals surface area contributed by atoms with E-state index in [-0.39, 0.29) is 0 Å².